The lowest BCUT2D eigenvalue weighted by Crippen LogP contribution is -2.11. The highest BCUT2D eigenvalue weighted by Crippen LogP contribution is 2.21. The average Bonchev–Trinajstić information content (AvgIpc) is 2.61. The minimum atomic E-state index is -0.702. The van der Waals surface area contributed by atoms with E-state index in [4.69, 9.17) is 9.47 Å². The molecule has 0 unspecified atom stereocenters. The van der Waals surface area contributed by atoms with Gasteiger partial charge in [0.1, 0.15) is 0 Å². The summed E-state index contributed by atoms with van der Waals surface area (Å²) >= 11 is 0. The molecule has 1 aromatic heterocycles. The quantitative estimate of drug-likeness (QED) is 0.783. The molecule has 1 aromatic rings. The Morgan fingerprint density at radius 3 is 2.69 bits per heavy atom. The molecule has 5 heteroatoms. The van der Waals surface area contributed by atoms with Crippen molar-refractivity contribution in [1.29, 1.82) is 0 Å². The number of nitrogens with one attached hydrogen (secondary N) is 1. The van der Waals surface area contributed by atoms with Gasteiger partial charge in [-0.05, 0) is 19.8 Å². The van der Waals surface area contributed by atoms with E-state index in [1.807, 2.05) is 6.92 Å². The second-order valence-corrected chi connectivity index (χ2v) is 3.37. The fraction of sp³-hybridized carbons (Fsp3) is 0.636. The van der Waals surface area contributed by atoms with Crippen molar-refractivity contribution in [3.8, 4) is 5.88 Å². The fourth-order valence-corrected chi connectivity index (χ4v) is 1.51. The molecule has 0 atom stereocenters. The van der Waals surface area contributed by atoms with Gasteiger partial charge in [-0.1, -0.05) is 20.3 Å². The molecule has 1 heterocycles. The molecule has 0 radical (unpaired) electrons. The zero-order valence-corrected chi connectivity index (χ0v) is 10.0. The van der Waals surface area contributed by atoms with Crippen molar-refractivity contribution < 1.29 is 14.3 Å². The van der Waals surface area contributed by atoms with Crippen LogP contribution in [0.15, 0.2) is 0 Å². The normalized spacial score (nSPS) is 10.2. The predicted molar refractivity (Wildman–Crippen MR) is 59.6 cm³/mol. The molecule has 0 saturated heterocycles. The Hall–Kier alpha value is -1.52. The van der Waals surface area contributed by atoms with Gasteiger partial charge in [0, 0.05) is 11.3 Å². The Kier molecular flexibility index (Phi) is 4.82. The molecule has 0 aliphatic carbocycles. The van der Waals surface area contributed by atoms with E-state index < -0.39 is 6.16 Å². The molecule has 0 aliphatic rings. The third kappa shape index (κ3) is 2.98. The van der Waals surface area contributed by atoms with Crippen LogP contribution in [0.1, 0.15) is 38.4 Å². The van der Waals surface area contributed by atoms with E-state index in [1.54, 1.807) is 6.92 Å². The summed E-state index contributed by atoms with van der Waals surface area (Å²) in [6.45, 7) is 6.12. The zero-order valence-electron chi connectivity index (χ0n) is 10.0. The Morgan fingerprint density at radius 2 is 2.12 bits per heavy atom. The molecule has 0 fully saturated rings. The first-order chi connectivity index (χ1) is 7.72. The molecule has 0 bridgehead atoms. The third-order valence-corrected chi connectivity index (χ3v) is 2.21. The van der Waals surface area contributed by atoms with Crippen molar-refractivity contribution >= 4 is 6.16 Å². The van der Waals surface area contributed by atoms with Crippen LogP contribution >= 0.6 is 0 Å². The van der Waals surface area contributed by atoms with Gasteiger partial charge in [0.25, 0.3) is 0 Å². The second-order valence-electron chi connectivity index (χ2n) is 3.37. The average molecular weight is 226 g/mol. The summed E-state index contributed by atoms with van der Waals surface area (Å²) in [5.74, 6) is 0.337. The Morgan fingerprint density at radius 1 is 1.38 bits per heavy atom. The number of carbonyl (C=O) groups is 1. The number of carbonyl (C=O) groups excluding carboxylic acids is 1. The minimum Gasteiger partial charge on any atom is -0.434 e. The van der Waals surface area contributed by atoms with Gasteiger partial charge in [-0.2, -0.15) is 0 Å². The first-order valence-corrected chi connectivity index (χ1v) is 5.63. The number of hydrogen-bond donors (Lipinski definition) is 1. The maximum atomic E-state index is 11.1. The highest BCUT2D eigenvalue weighted by atomic mass is 16.7. The van der Waals surface area contributed by atoms with Crippen LogP contribution in [0, 0.1) is 0 Å². The van der Waals surface area contributed by atoms with E-state index in [-0.39, 0.29) is 0 Å². The van der Waals surface area contributed by atoms with Crippen molar-refractivity contribution in [3.63, 3.8) is 0 Å². The minimum absolute atomic E-state index is 0.298. The number of ether oxygens (including phenoxy) is 2. The lowest BCUT2D eigenvalue weighted by Gasteiger charge is -2.03. The van der Waals surface area contributed by atoms with E-state index in [2.05, 4.69) is 17.1 Å². The van der Waals surface area contributed by atoms with Crippen molar-refractivity contribution in [2.45, 2.75) is 40.0 Å². The number of nitrogens with zero attached hydrogens (tertiary/aromatic N) is 1. The van der Waals surface area contributed by atoms with E-state index in [0.717, 1.165) is 30.5 Å². The van der Waals surface area contributed by atoms with Crippen molar-refractivity contribution in [3.05, 3.63) is 11.3 Å². The molecule has 5 nitrogen and oxygen atoms in total. The number of aryl methyl sites for hydroxylation is 1. The largest absolute Gasteiger partial charge is 0.515 e. The monoisotopic (exact) mass is 226 g/mol. The maximum absolute atomic E-state index is 11.1. The van der Waals surface area contributed by atoms with Gasteiger partial charge in [-0.25, -0.2) is 4.79 Å². The van der Waals surface area contributed by atoms with Crippen LogP contribution in [0.3, 0.4) is 0 Å². The van der Waals surface area contributed by atoms with Gasteiger partial charge in [0.2, 0.25) is 5.88 Å². The molecular formula is C11H18N2O3. The fourth-order valence-electron chi connectivity index (χ4n) is 1.51. The van der Waals surface area contributed by atoms with Crippen LogP contribution in [0.5, 0.6) is 5.88 Å². The van der Waals surface area contributed by atoms with E-state index >= 15 is 0 Å². The first-order valence-electron chi connectivity index (χ1n) is 5.63. The van der Waals surface area contributed by atoms with Crippen molar-refractivity contribution in [1.82, 2.24) is 10.2 Å². The van der Waals surface area contributed by atoms with E-state index in [0.29, 0.717) is 12.5 Å². The summed E-state index contributed by atoms with van der Waals surface area (Å²) in [4.78, 5) is 11.1. The number of H-pyrrole nitrogens is 1. The number of aromatic amines is 1. The van der Waals surface area contributed by atoms with Gasteiger partial charge in [-0.3, -0.25) is 5.10 Å². The predicted octanol–water partition coefficient (Wildman–Crippen LogP) is 2.46. The highest BCUT2D eigenvalue weighted by molar-refractivity contribution is 5.63. The lowest BCUT2D eigenvalue weighted by atomic mass is 10.1. The van der Waals surface area contributed by atoms with Gasteiger partial charge in [0.05, 0.1) is 6.61 Å². The number of hydrogen-bond acceptors (Lipinski definition) is 4. The summed E-state index contributed by atoms with van der Waals surface area (Å²) in [6, 6.07) is 0. The number of rotatable bonds is 5. The molecule has 90 valence electrons. The summed E-state index contributed by atoms with van der Waals surface area (Å²) in [7, 11) is 0. The molecule has 0 aliphatic heterocycles. The molecule has 0 aromatic carbocycles. The van der Waals surface area contributed by atoms with Crippen LogP contribution in [-0.2, 0) is 17.6 Å². The smallest absolute Gasteiger partial charge is 0.434 e. The van der Waals surface area contributed by atoms with Crippen LogP contribution < -0.4 is 4.74 Å². The summed E-state index contributed by atoms with van der Waals surface area (Å²) < 4.78 is 9.70. The van der Waals surface area contributed by atoms with E-state index in [9.17, 15) is 4.79 Å². The Balaban J connectivity index is 2.76. The Bertz CT molecular complexity index is 347. The van der Waals surface area contributed by atoms with Crippen LogP contribution in [0.2, 0.25) is 0 Å². The van der Waals surface area contributed by atoms with Gasteiger partial charge in [-0.15, -0.1) is 5.10 Å². The van der Waals surface area contributed by atoms with Gasteiger partial charge in [0.15, 0.2) is 0 Å². The van der Waals surface area contributed by atoms with Gasteiger partial charge >= 0.3 is 6.16 Å². The van der Waals surface area contributed by atoms with E-state index in [1.165, 1.54) is 0 Å². The third-order valence-electron chi connectivity index (χ3n) is 2.21. The summed E-state index contributed by atoms with van der Waals surface area (Å²) in [6.07, 6.45) is 2.00. The Labute approximate surface area is 95.1 Å². The lowest BCUT2D eigenvalue weighted by molar-refractivity contribution is 0.102. The standard InChI is InChI=1S/C11H18N2O3/c1-4-7-9-8(5-2)10(13-12-9)16-11(14)15-6-3/h4-7H2,1-3H3,(H,12,13). The first kappa shape index (κ1) is 12.5. The number of aromatic nitrogens is 2. The molecule has 0 saturated carbocycles. The molecule has 0 spiro atoms. The summed E-state index contributed by atoms with van der Waals surface area (Å²) in [5, 5.41) is 6.87. The molecule has 16 heavy (non-hydrogen) atoms. The topological polar surface area (TPSA) is 64.2 Å². The molecule has 0 amide bonds. The molecular weight excluding hydrogens is 208 g/mol. The molecule has 1 N–H and O–H groups in total. The highest BCUT2D eigenvalue weighted by Gasteiger charge is 2.15. The molecule has 1 rings (SSSR count). The van der Waals surface area contributed by atoms with Crippen molar-refractivity contribution in [2.24, 2.45) is 0 Å². The van der Waals surface area contributed by atoms with Gasteiger partial charge < -0.3 is 9.47 Å². The van der Waals surface area contributed by atoms with Crippen LogP contribution in [-0.4, -0.2) is 23.0 Å². The zero-order chi connectivity index (χ0) is 12.0. The second kappa shape index (κ2) is 6.15. The SMILES string of the molecule is CCCc1[nH]nc(OC(=O)OCC)c1CC. The van der Waals surface area contributed by atoms with Crippen LogP contribution in [0.25, 0.3) is 0 Å². The maximum Gasteiger partial charge on any atom is 0.515 e. The van der Waals surface area contributed by atoms with Crippen LogP contribution in [0.4, 0.5) is 4.79 Å². The van der Waals surface area contributed by atoms with Crippen molar-refractivity contribution in [2.75, 3.05) is 6.61 Å². The summed E-state index contributed by atoms with van der Waals surface area (Å²) in [5.41, 5.74) is 1.99.